The van der Waals surface area contributed by atoms with Gasteiger partial charge in [0.25, 0.3) is 0 Å². The molecule has 23 heavy (non-hydrogen) atoms. The molecule has 0 spiro atoms. The first-order chi connectivity index (χ1) is 11.3. The highest BCUT2D eigenvalue weighted by Gasteiger charge is 2.29. The van der Waals surface area contributed by atoms with Crippen LogP contribution >= 0.6 is 0 Å². The third-order valence-electron chi connectivity index (χ3n) is 4.56. The van der Waals surface area contributed by atoms with Gasteiger partial charge in [-0.2, -0.15) is 0 Å². The second-order valence-electron chi connectivity index (χ2n) is 6.14. The molecule has 2 aliphatic rings. The van der Waals surface area contributed by atoms with E-state index in [0.29, 0.717) is 11.7 Å². The number of aromatic nitrogens is 2. The molecule has 2 heterocycles. The van der Waals surface area contributed by atoms with E-state index in [0.717, 1.165) is 54.5 Å². The van der Waals surface area contributed by atoms with E-state index in [9.17, 15) is 0 Å². The molecule has 1 saturated carbocycles. The van der Waals surface area contributed by atoms with Crippen LogP contribution < -0.4 is 19.7 Å². The molecule has 2 fully saturated rings. The molecule has 0 unspecified atom stereocenters. The summed E-state index contributed by atoms with van der Waals surface area (Å²) in [5.74, 6) is 3.96. The topological polar surface area (TPSA) is 59.5 Å². The van der Waals surface area contributed by atoms with Gasteiger partial charge in [-0.3, -0.25) is 0 Å². The Morgan fingerprint density at radius 3 is 2.39 bits per heavy atom. The first-order valence-electron chi connectivity index (χ1n) is 8.19. The standard InChI is InChI=1S/C17H22N4O2/c1-22-14-9-12-13(10-15(14)23-2)19-16(11-3-4-11)20-17(12)21-7-5-18-6-8-21/h9-11,18H,3-8H2,1-2H3. The van der Waals surface area contributed by atoms with E-state index in [1.54, 1.807) is 14.2 Å². The summed E-state index contributed by atoms with van der Waals surface area (Å²) in [4.78, 5) is 12.0. The number of hydrogen-bond donors (Lipinski definition) is 1. The zero-order chi connectivity index (χ0) is 15.8. The Kier molecular flexibility index (Phi) is 3.69. The molecule has 0 amide bonds. The molecule has 1 aliphatic carbocycles. The summed E-state index contributed by atoms with van der Waals surface area (Å²) in [7, 11) is 3.32. The fourth-order valence-electron chi connectivity index (χ4n) is 3.10. The van der Waals surface area contributed by atoms with Gasteiger partial charge in [-0.15, -0.1) is 0 Å². The smallest absolute Gasteiger partial charge is 0.162 e. The first-order valence-corrected chi connectivity index (χ1v) is 8.19. The molecule has 1 saturated heterocycles. The Labute approximate surface area is 135 Å². The molecule has 6 nitrogen and oxygen atoms in total. The molecule has 0 bridgehead atoms. The number of nitrogens with zero attached hydrogens (tertiary/aromatic N) is 3. The molecule has 0 radical (unpaired) electrons. The average molecular weight is 314 g/mol. The van der Waals surface area contributed by atoms with Gasteiger partial charge in [-0.25, -0.2) is 9.97 Å². The lowest BCUT2D eigenvalue weighted by atomic mass is 10.1. The van der Waals surface area contributed by atoms with Crippen LogP contribution in [0.25, 0.3) is 10.9 Å². The van der Waals surface area contributed by atoms with Gasteiger partial charge in [0, 0.05) is 43.5 Å². The summed E-state index contributed by atoms with van der Waals surface area (Å²) in [6.45, 7) is 3.89. The number of benzene rings is 1. The van der Waals surface area contributed by atoms with E-state index in [2.05, 4.69) is 10.2 Å². The van der Waals surface area contributed by atoms with Crippen molar-refractivity contribution in [1.29, 1.82) is 0 Å². The Balaban J connectivity index is 1.89. The van der Waals surface area contributed by atoms with Crippen LogP contribution in [0.5, 0.6) is 11.5 Å². The highest BCUT2D eigenvalue weighted by molar-refractivity contribution is 5.92. The summed E-state index contributed by atoms with van der Waals surface area (Å²) in [5, 5.41) is 4.43. The maximum Gasteiger partial charge on any atom is 0.162 e. The molecule has 1 N–H and O–H groups in total. The lowest BCUT2D eigenvalue weighted by Gasteiger charge is -2.29. The van der Waals surface area contributed by atoms with E-state index < -0.39 is 0 Å². The molecular weight excluding hydrogens is 292 g/mol. The molecule has 1 aromatic heterocycles. The largest absolute Gasteiger partial charge is 0.493 e. The number of piperazine rings is 1. The highest BCUT2D eigenvalue weighted by Crippen LogP contribution is 2.41. The third kappa shape index (κ3) is 2.67. The Hall–Kier alpha value is -2.08. The molecule has 1 aromatic carbocycles. The van der Waals surface area contributed by atoms with Gasteiger partial charge >= 0.3 is 0 Å². The Morgan fingerprint density at radius 1 is 1.04 bits per heavy atom. The van der Waals surface area contributed by atoms with E-state index >= 15 is 0 Å². The number of rotatable bonds is 4. The number of methoxy groups -OCH3 is 2. The van der Waals surface area contributed by atoms with Crippen molar-refractivity contribution in [2.75, 3.05) is 45.3 Å². The molecule has 2 aromatic rings. The summed E-state index contributed by atoms with van der Waals surface area (Å²) in [6, 6.07) is 3.97. The number of fused-ring (bicyclic) bond motifs is 1. The second kappa shape index (κ2) is 5.85. The van der Waals surface area contributed by atoms with E-state index in [1.807, 2.05) is 12.1 Å². The van der Waals surface area contributed by atoms with Crippen molar-refractivity contribution in [3.8, 4) is 11.5 Å². The van der Waals surface area contributed by atoms with Crippen LogP contribution in [0, 0.1) is 0 Å². The number of ether oxygens (including phenoxy) is 2. The minimum atomic E-state index is 0.522. The summed E-state index contributed by atoms with van der Waals surface area (Å²) in [5.41, 5.74) is 0.938. The fraction of sp³-hybridized carbons (Fsp3) is 0.529. The number of hydrogen-bond acceptors (Lipinski definition) is 6. The van der Waals surface area contributed by atoms with Crippen LogP contribution in [0.15, 0.2) is 12.1 Å². The minimum absolute atomic E-state index is 0.522. The van der Waals surface area contributed by atoms with E-state index in [4.69, 9.17) is 19.4 Å². The molecular formula is C17H22N4O2. The quantitative estimate of drug-likeness (QED) is 0.930. The highest BCUT2D eigenvalue weighted by atomic mass is 16.5. The van der Waals surface area contributed by atoms with Crippen molar-refractivity contribution in [3.05, 3.63) is 18.0 Å². The predicted octanol–water partition coefficient (Wildman–Crippen LogP) is 1.93. The van der Waals surface area contributed by atoms with Gasteiger partial charge in [0.1, 0.15) is 11.6 Å². The third-order valence-corrected chi connectivity index (χ3v) is 4.56. The van der Waals surface area contributed by atoms with Gasteiger partial charge in [0.15, 0.2) is 11.5 Å². The number of nitrogens with one attached hydrogen (secondary N) is 1. The molecule has 6 heteroatoms. The van der Waals surface area contributed by atoms with E-state index in [1.165, 1.54) is 12.8 Å². The van der Waals surface area contributed by atoms with Crippen molar-refractivity contribution in [3.63, 3.8) is 0 Å². The van der Waals surface area contributed by atoms with Gasteiger partial charge in [0.2, 0.25) is 0 Å². The lowest BCUT2D eigenvalue weighted by molar-refractivity contribution is 0.355. The zero-order valence-corrected chi connectivity index (χ0v) is 13.6. The van der Waals surface area contributed by atoms with Crippen molar-refractivity contribution < 1.29 is 9.47 Å². The van der Waals surface area contributed by atoms with Crippen LogP contribution in [-0.2, 0) is 0 Å². The predicted molar refractivity (Wildman–Crippen MR) is 89.7 cm³/mol. The lowest BCUT2D eigenvalue weighted by Crippen LogP contribution is -2.44. The average Bonchev–Trinajstić information content (AvgIpc) is 3.45. The van der Waals surface area contributed by atoms with Gasteiger partial charge in [0.05, 0.1) is 19.7 Å². The van der Waals surface area contributed by atoms with Gasteiger partial charge in [-0.05, 0) is 18.9 Å². The Morgan fingerprint density at radius 2 is 1.74 bits per heavy atom. The molecule has 0 atom stereocenters. The van der Waals surface area contributed by atoms with Crippen LogP contribution in [0.4, 0.5) is 5.82 Å². The monoisotopic (exact) mass is 314 g/mol. The van der Waals surface area contributed by atoms with Crippen molar-refractivity contribution >= 4 is 16.7 Å². The fourth-order valence-corrected chi connectivity index (χ4v) is 3.10. The Bertz CT molecular complexity index is 724. The van der Waals surface area contributed by atoms with Gasteiger partial charge < -0.3 is 19.7 Å². The van der Waals surface area contributed by atoms with Crippen LogP contribution in [0.3, 0.4) is 0 Å². The second-order valence-corrected chi connectivity index (χ2v) is 6.14. The summed E-state index contributed by atoms with van der Waals surface area (Å²) >= 11 is 0. The number of anilines is 1. The minimum Gasteiger partial charge on any atom is -0.493 e. The SMILES string of the molecule is COc1cc2nc(C3CC3)nc(N3CCNCC3)c2cc1OC. The van der Waals surface area contributed by atoms with Crippen molar-refractivity contribution in [1.82, 2.24) is 15.3 Å². The summed E-state index contributed by atoms with van der Waals surface area (Å²) in [6.07, 6.45) is 2.39. The zero-order valence-electron chi connectivity index (χ0n) is 13.6. The maximum absolute atomic E-state index is 5.47. The van der Waals surface area contributed by atoms with Crippen LogP contribution in [0.2, 0.25) is 0 Å². The van der Waals surface area contributed by atoms with Crippen molar-refractivity contribution in [2.45, 2.75) is 18.8 Å². The molecule has 122 valence electrons. The normalized spacial score (nSPS) is 18.3. The maximum atomic E-state index is 5.47. The molecule has 1 aliphatic heterocycles. The first kappa shape index (κ1) is 14.5. The van der Waals surface area contributed by atoms with E-state index in [-0.39, 0.29) is 0 Å². The van der Waals surface area contributed by atoms with Gasteiger partial charge in [-0.1, -0.05) is 0 Å². The summed E-state index contributed by atoms with van der Waals surface area (Å²) < 4.78 is 10.9. The van der Waals surface area contributed by atoms with Crippen molar-refractivity contribution in [2.24, 2.45) is 0 Å². The molecule has 4 rings (SSSR count). The van der Waals surface area contributed by atoms with Crippen LogP contribution in [0.1, 0.15) is 24.6 Å². The van der Waals surface area contributed by atoms with Crippen LogP contribution in [-0.4, -0.2) is 50.4 Å².